The summed E-state index contributed by atoms with van der Waals surface area (Å²) in [4.78, 5) is 23.5. The molecule has 0 unspecified atom stereocenters. The number of rotatable bonds is 5. The second-order valence-corrected chi connectivity index (χ2v) is 7.39. The number of carbonyl (C=O) groups excluding carboxylic acids is 1. The van der Waals surface area contributed by atoms with Gasteiger partial charge in [-0.3, -0.25) is 9.78 Å². The van der Waals surface area contributed by atoms with Crippen molar-refractivity contribution in [1.82, 2.24) is 20.2 Å². The molecule has 154 valence electrons. The van der Waals surface area contributed by atoms with Crippen LogP contribution >= 0.6 is 0 Å². The van der Waals surface area contributed by atoms with Gasteiger partial charge in [0.25, 0.3) is 5.91 Å². The molecular formula is C23H21N7O. The molecular weight excluding hydrogens is 390 g/mol. The van der Waals surface area contributed by atoms with Gasteiger partial charge in [0.15, 0.2) is 5.82 Å². The normalized spacial score (nSPS) is 13.4. The number of amides is 1. The number of nitrogens with one attached hydrogen (secondary N) is 2. The first kappa shape index (κ1) is 18.9. The van der Waals surface area contributed by atoms with Crippen LogP contribution in [0.1, 0.15) is 23.3 Å². The second-order valence-electron chi connectivity index (χ2n) is 7.39. The zero-order chi connectivity index (χ0) is 21.0. The second kappa shape index (κ2) is 8.35. The van der Waals surface area contributed by atoms with Crippen molar-refractivity contribution in [3.63, 3.8) is 0 Å². The van der Waals surface area contributed by atoms with E-state index in [2.05, 4.69) is 35.7 Å². The fraction of sp³-hybridized carbons (Fsp3) is 0.174. The highest BCUT2D eigenvalue weighted by atomic mass is 16.1. The van der Waals surface area contributed by atoms with Crippen molar-refractivity contribution >= 4 is 39.8 Å². The molecule has 5 rings (SSSR count). The SMILES string of the molecule is O=C(Nc1ccc(Nc2cc(N3CCCC3)cnn2)cc1)c1cnc2ccccc2n1. The van der Waals surface area contributed by atoms with Crippen LogP contribution in [0.5, 0.6) is 0 Å². The quantitative estimate of drug-likeness (QED) is 0.512. The van der Waals surface area contributed by atoms with Crippen LogP contribution in [0.4, 0.5) is 22.9 Å². The Bertz CT molecular complexity index is 1220. The van der Waals surface area contributed by atoms with E-state index in [-0.39, 0.29) is 11.6 Å². The van der Waals surface area contributed by atoms with Crippen LogP contribution in [0.25, 0.3) is 11.0 Å². The van der Waals surface area contributed by atoms with Gasteiger partial charge in [-0.05, 0) is 49.2 Å². The maximum absolute atomic E-state index is 12.5. The number of carbonyl (C=O) groups is 1. The Hall–Kier alpha value is -4.07. The van der Waals surface area contributed by atoms with Crippen LogP contribution in [0.3, 0.4) is 0 Å². The van der Waals surface area contributed by atoms with Gasteiger partial charge in [0, 0.05) is 30.5 Å². The molecule has 1 amide bonds. The van der Waals surface area contributed by atoms with Crippen LogP contribution in [0, 0.1) is 0 Å². The summed E-state index contributed by atoms with van der Waals surface area (Å²) in [7, 11) is 0. The lowest BCUT2D eigenvalue weighted by atomic mass is 10.2. The first-order chi connectivity index (χ1) is 15.2. The number of aromatic nitrogens is 4. The van der Waals surface area contributed by atoms with E-state index in [1.54, 1.807) is 6.20 Å². The predicted octanol–water partition coefficient (Wildman–Crippen LogP) is 4.02. The van der Waals surface area contributed by atoms with Crippen molar-refractivity contribution in [2.75, 3.05) is 28.6 Å². The van der Waals surface area contributed by atoms with Gasteiger partial charge in [0.2, 0.25) is 0 Å². The maximum atomic E-state index is 12.5. The lowest BCUT2D eigenvalue weighted by molar-refractivity contribution is 0.102. The van der Waals surface area contributed by atoms with E-state index in [0.717, 1.165) is 30.0 Å². The van der Waals surface area contributed by atoms with E-state index in [1.165, 1.54) is 19.0 Å². The van der Waals surface area contributed by atoms with E-state index in [1.807, 2.05) is 54.6 Å². The molecule has 4 aromatic rings. The number of anilines is 4. The summed E-state index contributed by atoms with van der Waals surface area (Å²) in [5.41, 5.74) is 4.32. The van der Waals surface area contributed by atoms with Crippen molar-refractivity contribution in [2.45, 2.75) is 12.8 Å². The van der Waals surface area contributed by atoms with Gasteiger partial charge in [-0.15, -0.1) is 5.10 Å². The molecule has 0 radical (unpaired) electrons. The van der Waals surface area contributed by atoms with Crippen LogP contribution in [0.2, 0.25) is 0 Å². The Kier molecular flexibility index (Phi) is 5.10. The fourth-order valence-corrected chi connectivity index (χ4v) is 3.61. The fourth-order valence-electron chi connectivity index (χ4n) is 3.61. The average Bonchev–Trinajstić information content (AvgIpc) is 3.35. The molecule has 3 heterocycles. The highest BCUT2D eigenvalue weighted by Crippen LogP contribution is 2.23. The van der Waals surface area contributed by atoms with Crippen molar-refractivity contribution in [1.29, 1.82) is 0 Å². The summed E-state index contributed by atoms with van der Waals surface area (Å²) in [5, 5.41) is 14.4. The van der Waals surface area contributed by atoms with Crippen LogP contribution in [0.15, 0.2) is 67.0 Å². The number of hydrogen-bond acceptors (Lipinski definition) is 7. The van der Waals surface area contributed by atoms with E-state index in [4.69, 9.17) is 0 Å². The molecule has 2 aromatic carbocycles. The summed E-state index contributed by atoms with van der Waals surface area (Å²) >= 11 is 0. The Labute approximate surface area is 179 Å². The molecule has 1 aliphatic heterocycles. The number of para-hydroxylation sites is 2. The molecule has 1 fully saturated rings. The minimum absolute atomic E-state index is 0.273. The van der Waals surface area contributed by atoms with Gasteiger partial charge < -0.3 is 15.5 Å². The largest absolute Gasteiger partial charge is 0.370 e. The minimum Gasteiger partial charge on any atom is -0.370 e. The molecule has 2 aromatic heterocycles. The van der Waals surface area contributed by atoms with Gasteiger partial charge in [-0.1, -0.05) is 12.1 Å². The molecule has 31 heavy (non-hydrogen) atoms. The summed E-state index contributed by atoms with van der Waals surface area (Å²) in [5.74, 6) is 0.385. The summed E-state index contributed by atoms with van der Waals surface area (Å²) in [6.45, 7) is 2.11. The average molecular weight is 411 g/mol. The molecule has 8 heteroatoms. The van der Waals surface area contributed by atoms with Gasteiger partial charge in [-0.25, -0.2) is 4.98 Å². The Morgan fingerprint density at radius 3 is 2.45 bits per heavy atom. The van der Waals surface area contributed by atoms with Gasteiger partial charge >= 0.3 is 0 Å². The van der Waals surface area contributed by atoms with Gasteiger partial charge in [0.05, 0.1) is 29.1 Å². The monoisotopic (exact) mass is 411 g/mol. The molecule has 2 N–H and O–H groups in total. The van der Waals surface area contributed by atoms with Gasteiger partial charge in [0.1, 0.15) is 5.69 Å². The Morgan fingerprint density at radius 2 is 1.65 bits per heavy atom. The predicted molar refractivity (Wildman–Crippen MR) is 121 cm³/mol. The number of nitrogens with zero attached hydrogens (tertiary/aromatic N) is 5. The molecule has 0 spiro atoms. The molecule has 1 aliphatic rings. The van der Waals surface area contributed by atoms with Crippen LogP contribution in [-0.4, -0.2) is 39.2 Å². The summed E-state index contributed by atoms with van der Waals surface area (Å²) in [6.07, 6.45) is 5.70. The van der Waals surface area contributed by atoms with Crippen molar-refractivity contribution in [3.05, 3.63) is 72.7 Å². The van der Waals surface area contributed by atoms with Crippen molar-refractivity contribution in [3.8, 4) is 0 Å². The van der Waals surface area contributed by atoms with E-state index in [0.29, 0.717) is 17.0 Å². The smallest absolute Gasteiger partial charge is 0.275 e. The van der Waals surface area contributed by atoms with E-state index < -0.39 is 0 Å². The Morgan fingerprint density at radius 1 is 0.903 bits per heavy atom. The zero-order valence-electron chi connectivity index (χ0n) is 16.8. The van der Waals surface area contributed by atoms with Crippen LogP contribution < -0.4 is 15.5 Å². The number of fused-ring (bicyclic) bond motifs is 1. The third-order valence-corrected chi connectivity index (χ3v) is 5.21. The molecule has 1 saturated heterocycles. The summed E-state index contributed by atoms with van der Waals surface area (Å²) in [6, 6.07) is 16.9. The molecule has 0 aliphatic carbocycles. The van der Waals surface area contributed by atoms with Crippen LogP contribution in [-0.2, 0) is 0 Å². The molecule has 0 saturated carbocycles. The van der Waals surface area contributed by atoms with E-state index >= 15 is 0 Å². The molecule has 0 bridgehead atoms. The maximum Gasteiger partial charge on any atom is 0.275 e. The minimum atomic E-state index is -0.303. The highest BCUT2D eigenvalue weighted by Gasteiger charge is 2.13. The molecule has 0 atom stereocenters. The molecule has 8 nitrogen and oxygen atoms in total. The highest BCUT2D eigenvalue weighted by molar-refractivity contribution is 6.03. The van der Waals surface area contributed by atoms with E-state index in [9.17, 15) is 4.79 Å². The standard InChI is InChI=1S/C23H21N7O/c31-23(21-15-24-19-5-1-2-6-20(19)28-21)27-17-9-7-16(8-10-17)26-22-13-18(14-25-29-22)30-11-3-4-12-30/h1-2,5-10,13-15H,3-4,11-12H2,(H,26,29)(H,27,31). The topological polar surface area (TPSA) is 95.9 Å². The first-order valence-corrected chi connectivity index (χ1v) is 10.2. The van der Waals surface area contributed by atoms with Crippen molar-refractivity contribution in [2.24, 2.45) is 0 Å². The first-order valence-electron chi connectivity index (χ1n) is 10.2. The summed E-state index contributed by atoms with van der Waals surface area (Å²) < 4.78 is 0. The number of benzene rings is 2. The number of hydrogen-bond donors (Lipinski definition) is 2. The van der Waals surface area contributed by atoms with Gasteiger partial charge in [-0.2, -0.15) is 5.10 Å². The lowest BCUT2D eigenvalue weighted by Crippen LogP contribution is -2.18. The third kappa shape index (κ3) is 4.28. The zero-order valence-corrected chi connectivity index (χ0v) is 16.8. The third-order valence-electron chi connectivity index (χ3n) is 5.21. The lowest BCUT2D eigenvalue weighted by Gasteiger charge is -2.17. The van der Waals surface area contributed by atoms with Crippen molar-refractivity contribution < 1.29 is 4.79 Å². The Balaban J connectivity index is 1.25.